The molecule has 2 atom stereocenters. The summed E-state index contributed by atoms with van der Waals surface area (Å²) in [6.45, 7) is 1.65. The van der Waals surface area contributed by atoms with Crippen LogP contribution in [-0.4, -0.2) is 29.4 Å². The Balaban J connectivity index is 1.75. The average Bonchev–Trinajstić information content (AvgIpc) is 2.90. The molecule has 1 N–H and O–H groups in total. The number of hydrogen-bond donors (Lipinski definition) is 1. The molecule has 0 fully saturated rings. The number of rotatable bonds is 4. The normalized spacial score (nSPS) is 16.8. The third-order valence-electron chi connectivity index (χ3n) is 5.01. The number of nitrogens with zero attached hydrogens (tertiary/aromatic N) is 1. The number of benzene rings is 3. The maximum atomic E-state index is 13.5. The third-order valence-corrected chi connectivity index (χ3v) is 5.50. The Morgan fingerprint density at radius 3 is 2.43 bits per heavy atom. The van der Waals surface area contributed by atoms with Gasteiger partial charge in [-0.25, -0.2) is 0 Å². The van der Waals surface area contributed by atoms with Crippen molar-refractivity contribution in [3.8, 4) is 5.75 Å². The summed E-state index contributed by atoms with van der Waals surface area (Å²) < 4.78 is 6.74. The molecule has 0 spiro atoms. The Morgan fingerprint density at radius 2 is 1.73 bits per heavy atom. The van der Waals surface area contributed by atoms with E-state index in [0.717, 1.165) is 15.6 Å². The van der Waals surface area contributed by atoms with Crippen LogP contribution in [0.5, 0.6) is 5.75 Å². The summed E-state index contributed by atoms with van der Waals surface area (Å²) in [6, 6.07) is 24.2. The van der Waals surface area contributed by atoms with Gasteiger partial charge in [-0.3, -0.25) is 9.59 Å². The topological polar surface area (TPSA) is 58.6 Å². The van der Waals surface area contributed by atoms with Crippen LogP contribution in [0.4, 0.5) is 5.69 Å². The molecular weight excluding hydrogens is 444 g/mol. The van der Waals surface area contributed by atoms with Crippen molar-refractivity contribution >= 4 is 33.4 Å². The minimum Gasteiger partial charge on any atom is -0.481 e. The fourth-order valence-electron chi connectivity index (χ4n) is 3.66. The molecule has 5 nitrogen and oxygen atoms in total. The van der Waals surface area contributed by atoms with Crippen LogP contribution in [0.15, 0.2) is 83.3 Å². The second kappa shape index (κ2) is 8.71. The fraction of sp³-hybridized carbons (Fsp3) is 0.167. The van der Waals surface area contributed by atoms with E-state index in [1.54, 1.807) is 24.0 Å². The number of ether oxygens (including phenoxy) is 1. The minimum atomic E-state index is -0.750. The summed E-state index contributed by atoms with van der Waals surface area (Å²) in [5.41, 5.74) is 2.47. The summed E-state index contributed by atoms with van der Waals surface area (Å²) in [4.78, 5) is 27.7. The highest BCUT2D eigenvalue weighted by Gasteiger charge is 2.36. The van der Waals surface area contributed by atoms with E-state index in [2.05, 4.69) is 21.2 Å². The minimum absolute atomic E-state index is 0.0623. The molecule has 1 aliphatic rings. The zero-order chi connectivity index (χ0) is 21.1. The number of hydrogen-bond acceptors (Lipinski definition) is 3. The molecule has 1 aliphatic heterocycles. The molecule has 2 amide bonds. The van der Waals surface area contributed by atoms with Gasteiger partial charge in [0.25, 0.3) is 5.91 Å². The maximum Gasteiger partial charge on any atom is 0.264 e. The molecule has 1 heterocycles. The second-order valence-electron chi connectivity index (χ2n) is 7.13. The lowest BCUT2D eigenvalue weighted by molar-refractivity contribution is -0.142. The molecular formula is C24H21BrN2O3. The Kier molecular flexibility index (Phi) is 5.86. The van der Waals surface area contributed by atoms with Gasteiger partial charge in [0.2, 0.25) is 5.91 Å². The van der Waals surface area contributed by atoms with Crippen molar-refractivity contribution in [2.75, 3.05) is 11.9 Å². The predicted octanol–water partition coefficient (Wildman–Crippen LogP) is 4.79. The van der Waals surface area contributed by atoms with Crippen LogP contribution in [-0.2, 0) is 9.59 Å². The zero-order valence-electron chi connectivity index (χ0n) is 16.4. The maximum absolute atomic E-state index is 13.5. The first kappa shape index (κ1) is 20.2. The Bertz CT molecular complexity index is 1060. The van der Waals surface area contributed by atoms with E-state index in [9.17, 15) is 9.59 Å². The second-order valence-corrected chi connectivity index (χ2v) is 8.05. The van der Waals surface area contributed by atoms with Crippen LogP contribution in [0, 0.1) is 0 Å². The summed E-state index contributed by atoms with van der Waals surface area (Å²) in [6.07, 6.45) is -0.750. The standard InChI is InChI=1S/C24H21BrN2O3/c1-16(30-19-10-6-3-7-11-19)24(29)27-15-22(28)26-21-13-12-18(25)14-20(21)23(27)17-8-4-2-5-9-17/h2-14,16,23H,15H2,1H3,(H,26,28). The van der Waals surface area contributed by atoms with E-state index in [-0.39, 0.29) is 18.4 Å². The lowest BCUT2D eigenvalue weighted by Crippen LogP contribution is -2.45. The van der Waals surface area contributed by atoms with Gasteiger partial charge in [-0.15, -0.1) is 0 Å². The number of amides is 2. The number of anilines is 1. The van der Waals surface area contributed by atoms with E-state index in [4.69, 9.17) is 4.74 Å². The van der Waals surface area contributed by atoms with Crippen LogP contribution in [0.1, 0.15) is 24.1 Å². The fourth-order valence-corrected chi connectivity index (χ4v) is 4.04. The van der Waals surface area contributed by atoms with Gasteiger partial charge in [-0.05, 0) is 42.8 Å². The summed E-state index contributed by atoms with van der Waals surface area (Å²) in [5, 5.41) is 2.93. The lowest BCUT2D eigenvalue weighted by Gasteiger charge is -2.32. The zero-order valence-corrected chi connectivity index (χ0v) is 18.0. The van der Waals surface area contributed by atoms with Crippen molar-refractivity contribution in [2.45, 2.75) is 19.1 Å². The van der Waals surface area contributed by atoms with Gasteiger partial charge in [0, 0.05) is 15.7 Å². The first-order valence-corrected chi connectivity index (χ1v) is 10.5. The molecule has 6 heteroatoms. The SMILES string of the molecule is CC(Oc1ccccc1)C(=O)N1CC(=O)Nc2ccc(Br)cc2C1c1ccccc1. The van der Waals surface area contributed by atoms with Gasteiger partial charge in [0.15, 0.2) is 6.10 Å². The molecule has 152 valence electrons. The molecule has 0 saturated heterocycles. The highest BCUT2D eigenvalue weighted by molar-refractivity contribution is 9.10. The highest BCUT2D eigenvalue weighted by atomic mass is 79.9. The van der Waals surface area contributed by atoms with Crippen molar-refractivity contribution < 1.29 is 14.3 Å². The van der Waals surface area contributed by atoms with Gasteiger partial charge in [0.05, 0.1) is 6.04 Å². The smallest absolute Gasteiger partial charge is 0.264 e. The molecule has 0 aliphatic carbocycles. The monoisotopic (exact) mass is 464 g/mol. The number of fused-ring (bicyclic) bond motifs is 1. The van der Waals surface area contributed by atoms with Gasteiger partial charge < -0.3 is 15.0 Å². The number of carbonyl (C=O) groups is 2. The van der Waals surface area contributed by atoms with E-state index < -0.39 is 12.1 Å². The van der Waals surface area contributed by atoms with Gasteiger partial charge >= 0.3 is 0 Å². The molecule has 4 rings (SSSR count). The Hall–Kier alpha value is -3.12. The molecule has 0 bridgehead atoms. The molecule has 0 aromatic heterocycles. The number of nitrogens with one attached hydrogen (secondary N) is 1. The molecule has 2 unspecified atom stereocenters. The average molecular weight is 465 g/mol. The van der Waals surface area contributed by atoms with E-state index in [1.807, 2.05) is 66.7 Å². The lowest BCUT2D eigenvalue weighted by atomic mass is 9.95. The predicted molar refractivity (Wildman–Crippen MR) is 119 cm³/mol. The number of carbonyl (C=O) groups excluding carboxylic acids is 2. The largest absolute Gasteiger partial charge is 0.481 e. The van der Waals surface area contributed by atoms with Gasteiger partial charge in [-0.1, -0.05) is 64.5 Å². The van der Waals surface area contributed by atoms with Crippen LogP contribution >= 0.6 is 15.9 Å². The number of para-hydroxylation sites is 1. The molecule has 0 saturated carbocycles. The van der Waals surface area contributed by atoms with Crippen molar-refractivity contribution in [1.82, 2.24) is 4.90 Å². The van der Waals surface area contributed by atoms with Crippen LogP contribution in [0.25, 0.3) is 0 Å². The first-order valence-electron chi connectivity index (χ1n) is 9.69. The van der Waals surface area contributed by atoms with Crippen molar-refractivity contribution in [1.29, 1.82) is 0 Å². The Labute approximate surface area is 183 Å². The highest BCUT2D eigenvalue weighted by Crippen LogP contribution is 2.37. The molecule has 0 radical (unpaired) electrons. The van der Waals surface area contributed by atoms with Crippen LogP contribution in [0.3, 0.4) is 0 Å². The van der Waals surface area contributed by atoms with E-state index in [1.165, 1.54) is 0 Å². The van der Waals surface area contributed by atoms with Crippen LogP contribution in [0.2, 0.25) is 0 Å². The van der Waals surface area contributed by atoms with Crippen molar-refractivity contribution in [3.05, 3.63) is 94.5 Å². The molecule has 3 aromatic carbocycles. The van der Waals surface area contributed by atoms with Crippen LogP contribution < -0.4 is 10.1 Å². The third kappa shape index (κ3) is 4.24. The quantitative estimate of drug-likeness (QED) is 0.603. The van der Waals surface area contributed by atoms with E-state index >= 15 is 0 Å². The Morgan fingerprint density at radius 1 is 1.07 bits per heavy atom. The van der Waals surface area contributed by atoms with Crippen molar-refractivity contribution in [3.63, 3.8) is 0 Å². The van der Waals surface area contributed by atoms with E-state index in [0.29, 0.717) is 11.4 Å². The molecule has 3 aromatic rings. The summed E-state index contributed by atoms with van der Waals surface area (Å²) in [5.74, 6) is 0.116. The summed E-state index contributed by atoms with van der Waals surface area (Å²) >= 11 is 3.52. The van der Waals surface area contributed by atoms with Gasteiger partial charge in [-0.2, -0.15) is 0 Å². The molecule has 30 heavy (non-hydrogen) atoms. The summed E-state index contributed by atoms with van der Waals surface area (Å²) in [7, 11) is 0. The van der Waals surface area contributed by atoms with Gasteiger partial charge in [0.1, 0.15) is 12.3 Å². The van der Waals surface area contributed by atoms with Crippen molar-refractivity contribution in [2.24, 2.45) is 0 Å². The first-order chi connectivity index (χ1) is 14.5. The number of halogens is 1.